The van der Waals surface area contributed by atoms with E-state index in [1.165, 1.54) is 95.3 Å². The molecule has 46 heavy (non-hydrogen) atoms. The molecule has 0 amide bonds. The molecule has 0 bridgehead atoms. The second-order valence-corrected chi connectivity index (χ2v) is 14.2. The maximum Gasteiger partial charge on any atom is 0.0448 e. The third-order valence-corrected chi connectivity index (χ3v) is 11.8. The van der Waals surface area contributed by atoms with Crippen molar-refractivity contribution in [2.45, 2.75) is 0 Å². The minimum absolute atomic E-state index is 1.24. The fourth-order valence-electron chi connectivity index (χ4n) is 7.43. The second kappa shape index (κ2) is 10.1. The summed E-state index contributed by atoms with van der Waals surface area (Å²) in [5.41, 5.74) is 7.58. The minimum atomic E-state index is 1.24. The van der Waals surface area contributed by atoms with E-state index in [0.29, 0.717) is 0 Å². The van der Waals surface area contributed by atoms with Gasteiger partial charge in [0.25, 0.3) is 0 Å². The van der Waals surface area contributed by atoms with Gasteiger partial charge in [-0.15, -0.1) is 22.7 Å². The predicted octanol–water partition coefficient (Wildman–Crippen LogP) is 13.7. The average molecular weight is 619 g/mol. The molecule has 0 aliphatic heterocycles. The maximum absolute atomic E-state index is 2.40. The van der Waals surface area contributed by atoms with Gasteiger partial charge < -0.3 is 0 Å². The molecule has 2 aromatic heterocycles. The van der Waals surface area contributed by atoms with Crippen molar-refractivity contribution < 1.29 is 0 Å². The van der Waals surface area contributed by atoms with E-state index in [1.807, 2.05) is 22.7 Å². The molecule has 0 saturated carbocycles. The smallest absolute Gasteiger partial charge is 0.0448 e. The van der Waals surface area contributed by atoms with Crippen LogP contribution in [0, 0.1) is 0 Å². The molecule has 0 atom stereocenters. The first kappa shape index (κ1) is 26.0. The molecule has 0 N–H and O–H groups in total. The third-order valence-electron chi connectivity index (χ3n) is 9.46. The van der Waals surface area contributed by atoms with Crippen molar-refractivity contribution in [1.29, 1.82) is 0 Å². The highest BCUT2D eigenvalue weighted by Crippen LogP contribution is 2.46. The quantitative estimate of drug-likeness (QED) is 0.173. The van der Waals surface area contributed by atoms with Gasteiger partial charge in [0, 0.05) is 40.3 Å². The summed E-state index contributed by atoms with van der Waals surface area (Å²) in [6.07, 6.45) is 0. The van der Waals surface area contributed by atoms with Crippen molar-refractivity contribution in [3.05, 3.63) is 158 Å². The average Bonchev–Trinajstić information content (AvgIpc) is 3.69. The molecule has 0 spiro atoms. The Hall–Kier alpha value is -5.28. The van der Waals surface area contributed by atoms with Crippen molar-refractivity contribution >= 4 is 84.6 Å². The first-order valence-corrected chi connectivity index (χ1v) is 17.3. The zero-order valence-electron chi connectivity index (χ0n) is 24.8. The zero-order chi connectivity index (χ0) is 30.2. The second-order valence-electron chi connectivity index (χ2n) is 12.0. The Labute approximate surface area is 274 Å². The van der Waals surface area contributed by atoms with Gasteiger partial charge in [0.1, 0.15) is 0 Å². The monoisotopic (exact) mass is 618 g/mol. The highest BCUT2D eigenvalue weighted by molar-refractivity contribution is 7.29. The molecular weight excluding hydrogens is 593 g/mol. The van der Waals surface area contributed by atoms with Crippen molar-refractivity contribution in [3.8, 4) is 33.4 Å². The summed E-state index contributed by atoms with van der Waals surface area (Å²) in [6.45, 7) is 0. The maximum atomic E-state index is 2.40. The fourth-order valence-corrected chi connectivity index (χ4v) is 9.91. The first-order chi connectivity index (χ1) is 22.8. The summed E-state index contributed by atoms with van der Waals surface area (Å²) in [7, 11) is 0. The van der Waals surface area contributed by atoms with Gasteiger partial charge in [0.2, 0.25) is 0 Å². The molecule has 10 aromatic rings. The Morgan fingerprint density at radius 3 is 1.59 bits per heavy atom. The molecule has 0 radical (unpaired) electrons. The predicted molar refractivity (Wildman–Crippen MR) is 204 cm³/mol. The number of hydrogen-bond donors (Lipinski definition) is 0. The lowest BCUT2D eigenvalue weighted by Crippen LogP contribution is -1.91. The van der Waals surface area contributed by atoms with Gasteiger partial charge in [-0.2, -0.15) is 0 Å². The molecule has 2 heteroatoms. The Morgan fingerprint density at radius 2 is 0.848 bits per heavy atom. The highest BCUT2D eigenvalue weighted by atomic mass is 32.1. The van der Waals surface area contributed by atoms with Crippen LogP contribution in [-0.4, -0.2) is 0 Å². The lowest BCUT2D eigenvalue weighted by Gasteiger charge is -2.18. The van der Waals surface area contributed by atoms with E-state index in [4.69, 9.17) is 0 Å². The molecule has 0 aliphatic rings. The number of fused-ring (bicyclic) bond motifs is 9. The van der Waals surface area contributed by atoms with Gasteiger partial charge in [-0.3, -0.25) is 0 Å². The molecule has 2 heterocycles. The first-order valence-electron chi connectivity index (χ1n) is 15.7. The lowest BCUT2D eigenvalue weighted by molar-refractivity contribution is 1.63. The molecule has 0 fully saturated rings. The van der Waals surface area contributed by atoms with E-state index in [9.17, 15) is 0 Å². The number of rotatable bonds is 3. The highest BCUT2D eigenvalue weighted by Gasteiger charge is 2.17. The SMILES string of the molecule is c1ccc(-c2c3ccccc3c(-c3cccc(-c4ccc5c(c4)sc4c5ccc5sc6ccccc6c54)c3)c3ccccc23)cc1. The van der Waals surface area contributed by atoms with Crippen LogP contribution in [0.4, 0.5) is 0 Å². The number of hydrogen-bond acceptors (Lipinski definition) is 2. The lowest BCUT2D eigenvalue weighted by atomic mass is 9.85. The van der Waals surface area contributed by atoms with E-state index in [-0.39, 0.29) is 0 Å². The summed E-state index contributed by atoms with van der Waals surface area (Å²) in [5, 5.41) is 10.6. The topological polar surface area (TPSA) is 0 Å². The number of benzene rings is 8. The van der Waals surface area contributed by atoms with Crippen molar-refractivity contribution in [2.24, 2.45) is 0 Å². The standard InChI is InChI=1S/C44H26S2/c1-2-11-27(12-3-1)41-32-15-4-6-17-34(32)42(35-18-7-5-16-33(35)41)30-14-10-13-28(25-30)29-21-22-31-36-23-24-39-43(44(36)46-40(31)26-29)37-19-8-9-20-38(37)45-39/h1-26H. The van der Waals surface area contributed by atoms with Crippen LogP contribution >= 0.6 is 22.7 Å². The van der Waals surface area contributed by atoms with Crippen molar-refractivity contribution in [2.75, 3.05) is 0 Å². The summed E-state index contributed by atoms with van der Waals surface area (Å²) >= 11 is 3.82. The van der Waals surface area contributed by atoms with Crippen LogP contribution in [0.15, 0.2) is 158 Å². The van der Waals surface area contributed by atoms with Crippen LogP contribution in [0.2, 0.25) is 0 Å². The largest absolute Gasteiger partial charge is 0.135 e. The van der Waals surface area contributed by atoms with E-state index in [0.717, 1.165) is 0 Å². The Bertz CT molecular complexity index is 2740. The van der Waals surface area contributed by atoms with E-state index < -0.39 is 0 Å². The van der Waals surface area contributed by atoms with E-state index >= 15 is 0 Å². The minimum Gasteiger partial charge on any atom is -0.135 e. The van der Waals surface area contributed by atoms with Gasteiger partial charge in [-0.1, -0.05) is 133 Å². The zero-order valence-corrected chi connectivity index (χ0v) is 26.5. The van der Waals surface area contributed by atoms with Crippen LogP contribution in [-0.2, 0) is 0 Å². The van der Waals surface area contributed by atoms with E-state index in [1.54, 1.807) is 0 Å². The van der Waals surface area contributed by atoms with Gasteiger partial charge in [-0.25, -0.2) is 0 Å². The molecule has 0 aliphatic carbocycles. The fraction of sp³-hybridized carbons (Fsp3) is 0. The van der Waals surface area contributed by atoms with Gasteiger partial charge >= 0.3 is 0 Å². The van der Waals surface area contributed by atoms with E-state index in [2.05, 4.69) is 158 Å². The Balaban J connectivity index is 1.17. The molecule has 0 saturated heterocycles. The van der Waals surface area contributed by atoms with Crippen LogP contribution in [0.25, 0.3) is 95.3 Å². The van der Waals surface area contributed by atoms with Gasteiger partial charge in [0.15, 0.2) is 0 Å². The summed E-state index contributed by atoms with van der Waals surface area (Å²) < 4.78 is 5.46. The Morgan fingerprint density at radius 1 is 0.283 bits per heavy atom. The van der Waals surface area contributed by atoms with Crippen LogP contribution in [0.3, 0.4) is 0 Å². The van der Waals surface area contributed by atoms with Crippen LogP contribution < -0.4 is 0 Å². The summed E-state index contributed by atoms with van der Waals surface area (Å²) in [6, 6.07) is 58.2. The molecule has 8 aromatic carbocycles. The third kappa shape index (κ3) is 3.84. The molecule has 0 unspecified atom stereocenters. The van der Waals surface area contributed by atoms with Crippen LogP contribution in [0.5, 0.6) is 0 Å². The number of thiophene rings is 2. The van der Waals surface area contributed by atoms with Crippen LogP contribution in [0.1, 0.15) is 0 Å². The van der Waals surface area contributed by atoms with Gasteiger partial charge in [0.05, 0.1) is 0 Å². The van der Waals surface area contributed by atoms with Crippen molar-refractivity contribution in [1.82, 2.24) is 0 Å². The molecule has 214 valence electrons. The Kier molecular flexibility index (Phi) is 5.72. The molecular formula is C44H26S2. The summed E-state index contributed by atoms with van der Waals surface area (Å²) in [4.78, 5) is 0. The molecule has 10 rings (SSSR count). The molecule has 0 nitrogen and oxygen atoms in total. The van der Waals surface area contributed by atoms with Crippen molar-refractivity contribution in [3.63, 3.8) is 0 Å². The van der Waals surface area contributed by atoms with Gasteiger partial charge in [-0.05, 0) is 79.2 Å². The summed E-state index contributed by atoms with van der Waals surface area (Å²) in [5.74, 6) is 0. The normalized spacial score (nSPS) is 11.9.